The number of aromatic nitrogens is 2. The number of hydrogen-bond acceptors (Lipinski definition) is 3. The largest absolute Gasteiger partial charge is 0.449 e. The molecule has 0 fully saturated rings. The van der Waals surface area contributed by atoms with E-state index in [2.05, 4.69) is 69.1 Å². The molecule has 4 nitrogen and oxygen atoms in total. The van der Waals surface area contributed by atoms with E-state index in [4.69, 9.17) is 4.74 Å². The number of hydrogen-bond donors (Lipinski definition) is 0. The molecule has 0 bridgehead atoms. The quantitative estimate of drug-likeness (QED) is 0.627. The number of imidazole rings is 1. The summed E-state index contributed by atoms with van der Waals surface area (Å²) in [5.41, 5.74) is 6.02. The van der Waals surface area contributed by atoms with Gasteiger partial charge in [0.05, 0.1) is 6.61 Å². The molecule has 0 spiro atoms. The van der Waals surface area contributed by atoms with E-state index < -0.39 is 0 Å². The molecule has 0 amide bonds. The molecule has 2 aromatic carbocycles. The van der Waals surface area contributed by atoms with Gasteiger partial charge < -0.3 is 4.74 Å². The Morgan fingerprint density at radius 1 is 1.11 bits per heavy atom. The first-order chi connectivity index (χ1) is 13.0. The van der Waals surface area contributed by atoms with Crippen LogP contribution in [0.3, 0.4) is 0 Å². The SMILES string of the molecule is Cc1ccc(CCOC(=O)n2ccnc2[C@@H](C)c2cccc(C)c2C)cc1. The van der Waals surface area contributed by atoms with Gasteiger partial charge in [0.25, 0.3) is 0 Å². The summed E-state index contributed by atoms with van der Waals surface area (Å²) < 4.78 is 7.00. The van der Waals surface area contributed by atoms with Crippen molar-refractivity contribution in [2.45, 2.75) is 40.0 Å². The third kappa shape index (κ3) is 4.27. The minimum absolute atomic E-state index is 0.00421. The molecule has 4 heteroatoms. The van der Waals surface area contributed by atoms with Gasteiger partial charge in [-0.1, -0.05) is 55.0 Å². The molecule has 0 saturated heterocycles. The van der Waals surface area contributed by atoms with Crippen molar-refractivity contribution < 1.29 is 9.53 Å². The third-order valence-corrected chi connectivity index (χ3v) is 5.10. The fourth-order valence-corrected chi connectivity index (χ4v) is 3.25. The van der Waals surface area contributed by atoms with Crippen LogP contribution >= 0.6 is 0 Å². The molecule has 3 aromatic rings. The van der Waals surface area contributed by atoms with E-state index >= 15 is 0 Å². The highest BCUT2D eigenvalue weighted by molar-refractivity contribution is 5.71. The lowest BCUT2D eigenvalue weighted by Crippen LogP contribution is -2.19. The number of ether oxygens (including phenoxy) is 1. The minimum Gasteiger partial charge on any atom is -0.449 e. The van der Waals surface area contributed by atoms with Crippen LogP contribution in [-0.4, -0.2) is 22.3 Å². The molecule has 0 aliphatic rings. The van der Waals surface area contributed by atoms with Crippen LogP contribution < -0.4 is 0 Å². The number of aryl methyl sites for hydroxylation is 2. The van der Waals surface area contributed by atoms with Gasteiger partial charge >= 0.3 is 6.09 Å². The molecule has 0 aliphatic carbocycles. The Kier molecular flexibility index (Phi) is 5.75. The number of carbonyl (C=O) groups is 1. The topological polar surface area (TPSA) is 44.1 Å². The summed E-state index contributed by atoms with van der Waals surface area (Å²) in [7, 11) is 0. The standard InChI is InChI=1S/C23H26N2O2/c1-16-8-10-20(11-9-16)12-15-27-23(26)25-14-13-24-22(25)19(4)21-7-5-6-17(2)18(21)3/h5-11,13-14,19H,12,15H2,1-4H3/t19-/m0/s1. The van der Waals surface area contributed by atoms with Gasteiger partial charge in [0.2, 0.25) is 0 Å². The minimum atomic E-state index is -0.383. The van der Waals surface area contributed by atoms with Gasteiger partial charge in [-0.15, -0.1) is 0 Å². The maximum atomic E-state index is 12.6. The molecule has 0 unspecified atom stereocenters. The van der Waals surface area contributed by atoms with Crippen molar-refractivity contribution in [2.24, 2.45) is 0 Å². The number of rotatable bonds is 5. The van der Waals surface area contributed by atoms with Crippen molar-refractivity contribution in [2.75, 3.05) is 6.61 Å². The first-order valence-electron chi connectivity index (χ1n) is 9.29. The Hall–Kier alpha value is -2.88. The maximum Gasteiger partial charge on any atom is 0.419 e. The average Bonchev–Trinajstić information content (AvgIpc) is 3.15. The molecule has 0 N–H and O–H groups in total. The summed E-state index contributed by atoms with van der Waals surface area (Å²) in [4.78, 5) is 17.0. The highest BCUT2D eigenvalue weighted by Crippen LogP contribution is 2.27. The molecule has 1 heterocycles. The van der Waals surface area contributed by atoms with Gasteiger partial charge in [-0.3, -0.25) is 0 Å². The van der Waals surface area contributed by atoms with Crippen molar-refractivity contribution in [3.05, 3.63) is 88.5 Å². The summed E-state index contributed by atoms with van der Waals surface area (Å²) in [6, 6.07) is 14.5. The van der Waals surface area contributed by atoms with E-state index in [0.29, 0.717) is 18.9 Å². The smallest absolute Gasteiger partial charge is 0.419 e. The van der Waals surface area contributed by atoms with Gasteiger partial charge in [-0.2, -0.15) is 0 Å². The Bertz CT molecular complexity index is 926. The highest BCUT2D eigenvalue weighted by atomic mass is 16.5. The molecule has 3 rings (SSSR count). The zero-order valence-corrected chi connectivity index (χ0v) is 16.4. The third-order valence-electron chi connectivity index (χ3n) is 5.10. The molecule has 0 saturated carbocycles. The Labute approximate surface area is 160 Å². The predicted octanol–water partition coefficient (Wildman–Crippen LogP) is 5.19. The van der Waals surface area contributed by atoms with Gasteiger partial charge in [0.15, 0.2) is 0 Å². The van der Waals surface area contributed by atoms with E-state index in [-0.39, 0.29) is 12.0 Å². The van der Waals surface area contributed by atoms with E-state index in [0.717, 1.165) is 5.56 Å². The first-order valence-corrected chi connectivity index (χ1v) is 9.29. The summed E-state index contributed by atoms with van der Waals surface area (Å²) >= 11 is 0. The summed E-state index contributed by atoms with van der Waals surface area (Å²) in [6.07, 6.45) is 3.64. The van der Waals surface area contributed by atoms with Crippen LogP contribution in [0.15, 0.2) is 54.9 Å². The molecule has 140 valence electrons. The van der Waals surface area contributed by atoms with Crippen LogP contribution in [-0.2, 0) is 11.2 Å². The Morgan fingerprint density at radius 2 is 1.85 bits per heavy atom. The molecule has 1 aromatic heterocycles. The lowest BCUT2D eigenvalue weighted by atomic mass is 9.93. The van der Waals surface area contributed by atoms with Crippen LogP contribution in [0.25, 0.3) is 0 Å². The van der Waals surface area contributed by atoms with Crippen LogP contribution in [0.4, 0.5) is 4.79 Å². The van der Waals surface area contributed by atoms with Crippen LogP contribution in [0.5, 0.6) is 0 Å². The fraction of sp³-hybridized carbons (Fsp3) is 0.304. The average molecular weight is 362 g/mol. The maximum absolute atomic E-state index is 12.6. The van der Waals surface area contributed by atoms with Crippen molar-refractivity contribution in [3.8, 4) is 0 Å². The van der Waals surface area contributed by atoms with Crippen molar-refractivity contribution in [1.82, 2.24) is 9.55 Å². The second-order valence-electron chi connectivity index (χ2n) is 7.02. The molecule has 0 aliphatic heterocycles. The number of benzene rings is 2. The Balaban J connectivity index is 1.69. The molecular weight excluding hydrogens is 336 g/mol. The van der Waals surface area contributed by atoms with Crippen LogP contribution in [0, 0.1) is 20.8 Å². The van der Waals surface area contributed by atoms with E-state index in [9.17, 15) is 4.79 Å². The van der Waals surface area contributed by atoms with E-state index in [1.807, 2.05) is 6.07 Å². The molecular formula is C23H26N2O2. The summed E-state index contributed by atoms with van der Waals surface area (Å²) in [5.74, 6) is 0.702. The van der Waals surface area contributed by atoms with Gasteiger partial charge in [0.1, 0.15) is 5.82 Å². The first kappa shape index (κ1) is 18.9. The Morgan fingerprint density at radius 3 is 2.59 bits per heavy atom. The van der Waals surface area contributed by atoms with Crippen LogP contribution in [0.1, 0.15) is 46.5 Å². The summed E-state index contributed by atoms with van der Waals surface area (Å²) in [5, 5.41) is 0. The normalized spacial score (nSPS) is 12.0. The van der Waals surface area contributed by atoms with Crippen molar-refractivity contribution in [3.63, 3.8) is 0 Å². The number of nitrogens with zero attached hydrogens (tertiary/aromatic N) is 2. The highest BCUT2D eigenvalue weighted by Gasteiger charge is 2.20. The number of carbonyl (C=O) groups excluding carboxylic acids is 1. The van der Waals surface area contributed by atoms with Crippen molar-refractivity contribution in [1.29, 1.82) is 0 Å². The predicted molar refractivity (Wildman–Crippen MR) is 107 cm³/mol. The monoisotopic (exact) mass is 362 g/mol. The van der Waals surface area contributed by atoms with Crippen LogP contribution in [0.2, 0.25) is 0 Å². The van der Waals surface area contributed by atoms with Gasteiger partial charge in [-0.25, -0.2) is 14.3 Å². The fourth-order valence-electron chi connectivity index (χ4n) is 3.25. The lowest BCUT2D eigenvalue weighted by Gasteiger charge is -2.17. The molecule has 1 atom stereocenters. The van der Waals surface area contributed by atoms with Gasteiger partial charge in [-0.05, 0) is 43.0 Å². The molecule has 0 radical (unpaired) electrons. The second kappa shape index (κ2) is 8.21. The zero-order chi connectivity index (χ0) is 19.4. The zero-order valence-electron chi connectivity index (χ0n) is 16.4. The lowest BCUT2D eigenvalue weighted by molar-refractivity contribution is 0.148. The van der Waals surface area contributed by atoms with E-state index in [1.165, 1.54) is 26.8 Å². The van der Waals surface area contributed by atoms with Gasteiger partial charge in [0, 0.05) is 24.7 Å². The molecule has 27 heavy (non-hydrogen) atoms. The van der Waals surface area contributed by atoms with E-state index in [1.54, 1.807) is 12.4 Å². The van der Waals surface area contributed by atoms with Crippen molar-refractivity contribution >= 4 is 6.09 Å². The second-order valence-corrected chi connectivity index (χ2v) is 7.02. The summed E-state index contributed by atoms with van der Waals surface area (Å²) in [6.45, 7) is 8.67.